The second-order valence-electron chi connectivity index (χ2n) is 5.67. The molecule has 0 unspecified atom stereocenters. The number of rotatable bonds is 5. The fourth-order valence-electron chi connectivity index (χ4n) is 2.57. The van der Waals surface area contributed by atoms with Crippen LogP contribution in [0.1, 0.15) is 15.9 Å². The lowest BCUT2D eigenvalue weighted by atomic mass is 10.1. The van der Waals surface area contributed by atoms with Gasteiger partial charge in [0.2, 0.25) is 0 Å². The highest BCUT2D eigenvalue weighted by Gasteiger charge is 2.19. The van der Waals surface area contributed by atoms with Gasteiger partial charge in [0.15, 0.2) is 0 Å². The van der Waals surface area contributed by atoms with Crippen LogP contribution < -0.4 is 4.74 Å². The molecule has 3 aromatic rings. The molecule has 0 aliphatic heterocycles. The number of H-pyrrole nitrogens is 1. The molecule has 0 saturated carbocycles. The third-order valence-corrected chi connectivity index (χ3v) is 4.46. The van der Waals surface area contributed by atoms with Gasteiger partial charge < -0.3 is 9.64 Å². The fraction of sp³-hybridized carbons (Fsp3) is 0.158. The van der Waals surface area contributed by atoms with Crippen LogP contribution in [-0.2, 0) is 6.54 Å². The number of nitrogens with one attached hydrogen (secondary N) is 1. The van der Waals surface area contributed by atoms with E-state index in [0.717, 1.165) is 21.3 Å². The zero-order valence-electron chi connectivity index (χ0n) is 14.0. The maximum absolute atomic E-state index is 12.8. The van der Waals surface area contributed by atoms with Gasteiger partial charge >= 0.3 is 0 Å². The Morgan fingerprint density at radius 2 is 1.84 bits per heavy atom. The number of aromatic amines is 1. The number of amides is 1. The van der Waals surface area contributed by atoms with Crippen LogP contribution in [0.2, 0.25) is 0 Å². The Morgan fingerprint density at radius 3 is 2.48 bits per heavy atom. The minimum Gasteiger partial charge on any atom is -0.497 e. The summed E-state index contributed by atoms with van der Waals surface area (Å²) in [5.74, 6) is 0.686. The number of carbonyl (C=O) groups is 1. The van der Waals surface area contributed by atoms with Gasteiger partial charge in [-0.15, -0.1) is 0 Å². The molecule has 25 heavy (non-hydrogen) atoms. The molecule has 0 aliphatic carbocycles. The van der Waals surface area contributed by atoms with Gasteiger partial charge in [0.25, 0.3) is 5.91 Å². The predicted octanol–water partition coefficient (Wildman–Crippen LogP) is 4.12. The molecule has 1 aromatic heterocycles. The van der Waals surface area contributed by atoms with Crippen molar-refractivity contribution in [1.82, 2.24) is 15.1 Å². The number of hydrogen-bond donors (Lipinski definition) is 1. The van der Waals surface area contributed by atoms with E-state index >= 15 is 0 Å². The Kier molecular flexibility index (Phi) is 5.19. The first-order valence-corrected chi connectivity index (χ1v) is 8.55. The molecule has 0 fully saturated rings. The molecular weight excluding hydrogens is 382 g/mol. The van der Waals surface area contributed by atoms with Crippen molar-refractivity contribution in [3.8, 4) is 17.0 Å². The summed E-state index contributed by atoms with van der Waals surface area (Å²) >= 11 is 3.42. The zero-order chi connectivity index (χ0) is 17.8. The standard InChI is InChI=1S/C19H18BrN3O2/c1-23(12-13-3-7-15(20)8-4-13)19(24)17-11-21-22-18(17)14-5-9-16(25-2)10-6-14/h3-11H,12H2,1-2H3,(H,21,22). The Bertz CT molecular complexity index is 857. The van der Waals surface area contributed by atoms with Crippen LogP contribution in [0, 0.1) is 0 Å². The maximum Gasteiger partial charge on any atom is 0.257 e. The van der Waals surface area contributed by atoms with Crippen molar-refractivity contribution in [2.45, 2.75) is 6.54 Å². The third-order valence-electron chi connectivity index (χ3n) is 3.93. The molecular formula is C19H18BrN3O2. The van der Waals surface area contributed by atoms with Crippen molar-refractivity contribution in [1.29, 1.82) is 0 Å². The van der Waals surface area contributed by atoms with Gasteiger partial charge in [-0.2, -0.15) is 5.10 Å². The predicted molar refractivity (Wildman–Crippen MR) is 101 cm³/mol. The molecule has 6 heteroatoms. The van der Waals surface area contributed by atoms with Crippen molar-refractivity contribution in [3.63, 3.8) is 0 Å². The topological polar surface area (TPSA) is 58.2 Å². The Hall–Kier alpha value is -2.60. The third kappa shape index (κ3) is 3.91. The van der Waals surface area contributed by atoms with E-state index in [1.54, 1.807) is 25.3 Å². The molecule has 5 nitrogen and oxygen atoms in total. The van der Waals surface area contributed by atoms with Crippen LogP contribution in [0.25, 0.3) is 11.3 Å². The summed E-state index contributed by atoms with van der Waals surface area (Å²) in [6, 6.07) is 15.4. The molecule has 0 atom stereocenters. The number of benzene rings is 2. The number of aromatic nitrogens is 2. The normalized spacial score (nSPS) is 10.5. The SMILES string of the molecule is COc1ccc(-c2[nH]ncc2C(=O)N(C)Cc2ccc(Br)cc2)cc1. The van der Waals surface area contributed by atoms with E-state index in [9.17, 15) is 4.79 Å². The van der Waals surface area contributed by atoms with E-state index < -0.39 is 0 Å². The molecule has 1 N–H and O–H groups in total. The lowest BCUT2D eigenvalue weighted by Gasteiger charge is -2.17. The zero-order valence-corrected chi connectivity index (χ0v) is 15.6. The van der Waals surface area contributed by atoms with Crippen LogP contribution in [0.4, 0.5) is 0 Å². The van der Waals surface area contributed by atoms with Gasteiger partial charge in [-0.05, 0) is 42.0 Å². The monoisotopic (exact) mass is 399 g/mol. The molecule has 0 spiro atoms. The number of carbonyl (C=O) groups excluding carboxylic acids is 1. The van der Waals surface area contributed by atoms with Gasteiger partial charge in [-0.3, -0.25) is 9.89 Å². The van der Waals surface area contributed by atoms with E-state index in [0.29, 0.717) is 17.8 Å². The summed E-state index contributed by atoms with van der Waals surface area (Å²) in [7, 11) is 3.41. The molecule has 0 saturated heterocycles. The lowest BCUT2D eigenvalue weighted by Crippen LogP contribution is -2.26. The average Bonchev–Trinajstić information content (AvgIpc) is 3.12. The molecule has 2 aromatic carbocycles. The largest absolute Gasteiger partial charge is 0.497 e. The van der Waals surface area contributed by atoms with Crippen LogP contribution in [0.15, 0.2) is 59.2 Å². The van der Waals surface area contributed by atoms with E-state index in [4.69, 9.17) is 4.74 Å². The number of nitrogens with zero attached hydrogens (tertiary/aromatic N) is 2. The van der Waals surface area contributed by atoms with Crippen molar-refractivity contribution in [3.05, 3.63) is 70.3 Å². The maximum atomic E-state index is 12.8. The average molecular weight is 400 g/mol. The fourth-order valence-corrected chi connectivity index (χ4v) is 2.83. The first-order chi connectivity index (χ1) is 12.1. The molecule has 1 amide bonds. The van der Waals surface area contributed by atoms with Gasteiger partial charge in [0, 0.05) is 23.6 Å². The van der Waals surface area contributed by atoms with Gasteiger partial charge in [-0.1, -0.05) is 28.1 Å². The van der Waals surface area contributed by atoms with Gasteiger partial charge in [0.1, 0.15) is 5.75 Å². The van der Waals surface area contributed by atoms with Crippen molar-refractivity contribution in [2.75, 3.05) is 14.2 Å². The summed E-state index contributed by atoms with van der Waals surface area (Å²) in [6.45, 7) is 0.527. The molecule has 128 valence electrons. The summed E-state index contributed by atoms with van der Waals surface area (Å²) in [4.78, 5) is 14.5. The van der Waals surface area contributed by atoms with Crippen LogP contribution >= 0.6 is 15.9 Å². The second kappa shape index (κ2) is 7.53. The highest BCUT2D eigenvalue weighted by Crippen LogP contribution is 2.25. The van der Waals surface area contributed by atoms with Gasteiger partial charge in [0.05, 0.1) is 24.6 Å². The smallest absolute Gasteiger partial charge is 0.257 e. The number of methoxy groups -OCH3 is 1. The number of hydrogen-bond acceptors (Lipinski definition) is 3. The second-order valence-corrected chi connectivity index (χ2v) is 6.59. The summed E-state index contributed by atoms with van der Waals surface area (Å²) < 4.78 is 6.19. The van der Waals surface area contributed by atoms with E-state index in [2.05, 4.69) is 26.1 Å². The van der Waals surface area contributed by atoms with Crippen molar-refractivity contribution >= 4 is 21.8 Å². The molecule has 3 rings (SSSR count). The quantitative estimate of drug-likeness (QED) is 0.701. The molecule has 0 radical (unpaired) electrons. The highest BCUT2D eigenvalue weighted by atomic mass is 79.9. The van der Waals surface area contributed by atoms with Crippen molar-refractivity contribution in [2.24, 2.45) is 0 Å². The van der Waals surface area contributed by atoms with Crippen LogP contribution in [-0.4, -0.2) is 35.2 Å². The van der Waals surface area contributed by atoms with E-state index in [-0.39, 0.29) is 5.91 Å². The first kappa shape index (κ1) is 17.2. The molecule has 1 heterocycles. The Labute approximate surface area is 154 Å². The minimum absolute atomic E-state index is 0.0810. The van der Waals surface area contributed by atoms with Gasteiger partial charge in [-0.25, -0.2) is 0 Å². The van der Waals surface area contributed by atoms with Crippen LogP contribution in [0.5, 0.6) is 5.75 Å². The first-order valence-electron chi connectivity index (χ1n) is 7.76. The minimum atomic E-state index is -0.0810. The number of halogens is 1. The summed E-state index contributed by atoms with van der Waals surface area (Å²) in [5.41, 5.74) is 3.20. The molecule has 0 aliphatic rings. The Morgan fingerprint density at radius 1 is 1.16 bits per heavy atom. The summed E-state index contributed by atoms with van der Waals surface area (Å²) in [5, 5.41) is 6.98. The van der Waals surface area contributed by atoms with E-state index in [1.165, 1.54) is 0 Å². The van der Waals surface area contributed by atoms with Crippen LogP contribution in [0.3, 0.4) is 0 Å². The lowest BCUT2D eigenvalue weighted by molar-refractivity contribution is 0.0786. The van der Waals surface area contributed by atoms with Crippen molar-refractivity contribution < 1.29 is 9.53 Å². The summed E-state index contributed by atoms with van der Waals surface area (Å²) in [6.07, 6.45) is 1.57. The number of ether oxygens (including phenoxy) is 1. The highest BCUT2D eigenvalue weighted by molar-refractivity contribution is 9.10. The molecule has 0 bridgehead atoms. The van der Waals surface area contributed by atoms with E-state index in [1.807, 2.05) is 48.5 Å². The Balaban J connectivity index is 1.80.